The summed E-state index contributed by atoms with van der Waals surface area (Å²) in [4.78, 5) is 12.6. The number of hydrogen-bond donors (Lipinski definition) is 5. The van der Waals surface area contributed by atoms with Gasteiger partial charge in [-0.05, 0) is 4.94 Å². The van der Waals surface area contributed by atoms with Gasteiger partial charge in [-0.25, -0.2) is 0 Å². The van der Waals surface area contributed by atoms with Gasteiger partial charge in [0, 0.05) is 0 Å². The first-order chi connectivity index (χ1) is 5.52. The van der Waals surface area contributed by atoms with Crippen molar-refractivity contribution < 1.29 is 25.0 Å². The Hall–Kier alpha value is -0.400. The molecular formula is C2H13N6O4+. The minimum atomic E-state index is -1.32. The monoisotopic (exact) mass is 185 g/mol. The van der Waals surface area contributed by atoms with E-state index in [1.54, 1.807) is 0 Å². The average Bonchev–Trinajstić information content (AvgIpc) is 2.04. The highest BCUT2D eigenvalue weighted by molar-refractivity contribution is 3.97. The third-order valence-corrected chi connectivity index (χ3v) is 0.833. The van der Waals surface area contributed by atoms with E-state index in [2.05, 4.69) is 25.9 Å². The van der Waals surface area contributed by atoms with Crippen molar-refractivity contribution in [3.05, 3.63) is 5.21 Å². The van der Waals surface area contributed by atoms with Crippen molar-refractivity contribution in [2.45, 2.75) is 0 Å². The number of nitrogens with one attached hydrogen (secondary N) is 2. The van der Waals surface area contributed by atoms with Crippen LogP contribution in [-0.2, 0) is 14.6 Å². The van der Waals surface area contributed by atoms with Gasteiger partial charge in [0.05, 0.1) is 7.11 Å². The lowest BCUT2D eigenvalue weighted by atomic mass is 11.3. The van der Waals surface area contributed by atoms with Crippen molar-refractivity contribution in [1.82, 2.24) is 5.43 Å². The van der Waals surface area contributed by atoms with Crippen LogP contribution in [0, 0.1) is 5.21 Å². The highest BCUT2D eigenvalue weighted by Gasteiger charge is 2.20. The maximum atomic E-state index is 10.4. The Balaban J connectivity index is 3.42. The number of quaternary nitrogens is 2. The zero-order valence-corrected chi connectivity index (χ0v) is 6.52. The highest BCUT2D eigenvalue weighted by Crippen LogP contribution is 1.82. The summed E-state index contributed by atoms with van der Waals surface area (Å²) < 4.78 is 0. The van der Waals surface area contributed by atoms with Gasteiger partial charge in [0.1, 0.15) is 5.03 Å². The second-order valence-electron chi connectivity index (χ2n) is 1.69. The predicted molar refractivity (Wildman–Crippen MR) is 34.3 cm³/mol. The van der Waals surface area contributed by atoms with E-state index in [0.29, 0.717) is 0 Å². The Bertz CT molecular complexity index is 120. The molecule has 10 heteroatoms. The lowest BCUT2D eigenvalue weighted by Crippen LogP contribution is -3.13. The molecule has 0 rings (SSSR count). The maximum Gasteiger partial charge on any atom is 0.214 e. The van der Waals surface area contributed by atoms with Crippen LogP contribution < -0.4 is 28.3 Å². The molecule has 0 aliphatic carbocycles. The summed E-state index contributed by atoms with van der Waals surface area (Å²) >= 11 is 0. The Morgan fingerprint density at radius 2 is 2.17 bits per heavy atom. The maximum absolute atomic E-state index is 10.4. The van der Waals surface area contributed by atoms with Crippen molar-refractivity contribution in [1.29, 1.82) is 0 Å². The first-order valence-electron chi connectivity index (χ1n) is 2.83. The summed E-state index contributed by atoms with van der Waals surface area (Å²) in [7, 11) is 1.20. The van der Waals surface area contributed by atoms with Crippen LogP contribution >= 0.6 is 0 Å². The zero-order valence-electron chi connectivity index (χ0n) is 6.52. The normalized spacial score (nSPS) is 14.8. The molecule has 8 N–H and O–H groups in total. The number of nitrogens with zero attached hydrogens (tertiary/aromatic N) is 1. The minimum Gasteiger partial charge on any atom is -0.579 e. The standard InChI is InChI=1S/C2H13N6O4/c1-10-7(9)6-2-11-8(3,4)12-5/h6-7H,2-5H2,1H3/q+1. The lowest BCUT2D eigenvalue weighted by Gasteiger charge is -2.20. The second kappa shape index (κ2) is 5.28. The Morgan fingerprint density at radius 1 is 1.58 bits per heavy atom. The Morgan fingerprint density at radius 3 is 2.58 bits per heavy atom. The van der Waals surface area contributed by atoms with Gasteiger partial charge in [0.25, 0.3) is 0 Å². The average molecular weight is 185 g/mol. The van der Waals surface area contributed by atoms with Gasteiger partial charge in [0.15, 0.2) is 0 Å². The molecule has 10 nitrogen and oxygen atoms in total. The third-order valence-electron chi connectivity index (χ3n) is 0.833. The molecule has 0 aliphatic rings. The van der Waals surface area contributed by atoms with Crippen LogP contribution in [-0.4, -0.2) is 18.9 Å². The van der Waals surface area contributed by atoms with Crippen LogP contribution in [0.3, 0.4) is 0 Å². The van der Waals surface area contributed by atoms with Gasteiger partial charge >= 0.3 is 0 Å². The molecule has 0 saturated carbocycles. The van der Waals surface area contributed by atoms with E-state index >= 15 is 0 Å². The van der Waals surface area contributed by atoms with Crippen LogP contribution in [0.4, 0.5) is 0 Å². The Kier molecular flexibility index (Phi) is 5.11. The lowest BCUT2D eigenvalue weighted by molar-refractivity contribution is -1.27. The fraction of sp³-hybridized carbons (Fsp3) is 1.00. The summed E-state index contributed by atoms with van der Waals surface area (Å²) in [5.74, 6) is 14.6. The number of nitrogens with two attached hydrogens (primary N) is 3. The van der Waals surface area contributed by atoms with Gasteiger partial charge in [0.2, 0.25) is 6.73 Å². The quantitative estimate of drug-likeness (QED) is 0.121. The summed E-state index contributed by atoms with van der Waals surface area (Å²) in [5, 5.41) is 8.41. The summed E-state index contributed by atoms with van der Waals surface area (Å²) in [6.07, 6.45) is 0. The molecule has 0 aromatic heterocycles. The van der Waals surface area contributed by atoms with Gasteiger partial charge < -0.3 is 5.21 Å². The van der Waals surface area contributed by atoms with E-state index in [4.69, 9.17) is 11.7 Å². The summed E-state index contributed by atoms with van der Waals surface area (Å²) in [5.41, 5.74) is 2.13. The fourth-order valence-electron chi connectivity index (χ4n) is 0.295. The molecule has 0 aromatic carbocycles. The van der Waals surface area contributed by atoms with Crippen molar-refractivity contribution in [3.63, 3.8) is 0 Å². The van der Waals surface area contributed by atoms with Gasteiger partial charge in [-0.3, -0.25) is 0 Å². The number of hydrogen-bond acceptors (Lipinski definition) is 8. The molecule has 0 amide bonds. The van der Waals surface area contributed by atoms with Crippen LogP contribution in [0.5, 0.6) is 0 Å². The van der Waals surface area contributed by atoms with E-state index in [-0.39, 0.29) is 6.73 Å². The second-order valence-corrected chi connectivity index (χ2v) is 1.69. The highest BCUT2D eigenvalue weighted by atomic mass is 17.1. The molecular weight excluding hydrogens is 172 g/mol. The molecule has 0 radical (unpaired) electrons. The topological polar surface area (TPSA) is 145 Å². The van der Waals surface area contributed by atoms with E-state index in [1.165, 1.54) is 7.11 Å². The molecule has 0 fully saturated rings. The van der Waals surface area contributed by atoms with Crippen molar-refractivity contribution in [2.24, 2.45) is 17.6 Å². The van der Waals surface area contributed by atoms with E-state index in [0.717, 1.165) is 0 Å². The zero-order chi connectivity index (χ0) is 9.61. The largest absolute Gasteiger partial charge is 0.579 e. The van der Waals surface area contributed by atoms with E-state index in [1.807, 2.05) is 0 Å². The minimum absolute atomic E-state index is 0.295. The smallest absolute Gasteiger partial charge is 0.214 e. The van der Waals surface area contributed by atoms with Crippen molar-refractivity contribution in [3.8, 4) is 0 Å². The molecule has 0 heterocycles. The van der Waals surface area contributed by atoms with Gasteiger partial charge in [-0.15, -0.1) is 15.6 Å². The summed E-state index contributed by atoms with van der Waals surface area (Å²) in [6, 6.07) is 0. The van der Waals surface area contributed by atoms with Gasteiger partial charge in [-0.1, -0.05) is 11.7 Å². The molecule has 0 bridgehead atoms. The SMILES string of the molecule is CO[NH+]([O-])NCO[N+](N)(N)ON. The van der Waals surface area contributed by atoms with Crippen LogP contribution in [0.1, 0.15) is 0 Å². The van der Waals surface area contributed by atoms with E-state index < -0.39 is 10.4 Å². The molecule has 12 heavy (non-hydrogen) atoms. The molecule has 1 unspecified atom stereocenters. The first kappa shape index (κ1) is 11.6. The first-order valence-corrected chi connectivity index (χ1v) is 2.83. The Labute approximate surface area is 68.2 Å². The van der Waals surface area contributed by atoms with Crippen molar-refractivity contribution in [2.75, 3.05) is 13.8 Å². The molecule has 0 saturated heterocycles. The van der Waals surface area contributed by atoms with Gasteiger partial charge in [-0.2, -0.15) is 10.7 Å². The molecule has 1 atom stereocenters. The molecule has 74 valence electrons. The van der Waals surface area contributed by atoms with Crippen molar-refractivity contribution >= 4 is 0 Å². The molecule has 0 aromatic rings. The predicted octanol–water partition coefficient (Wildman–Crippen LogP) is -4.31. The molecule has 0 aliphatic heterocycles. The van der Waals surface area contributed by atoms with E-state index in [9.17, 15) is 5.21 Å². The van der Waals surface area contributed by atoms with Crippen LogP contribution in [0.25, 0.3) is 0 Å². The van der Waals surface area contributed by atoms with Crippen LogP contribution in [0.15, 0.2) is 0 Å². The van der Waals surface area contributed by atoms with Crippen LogP contribution in [0.2, 0.25) is 0 Å². The summed E-state index contributed by atoms with van der Waals surface area (Å²) in [6.45, 7) is -0.295. The number of rotatable bonds is 6. The fourth-order valence-corrected chi connectivity index (χ4v) is 0.295. The third kappa shape index (κ3) is 5.28. The molecule has 0 spiro atoms.